The lowest BCUT2D eigenvalue weighted by Gasteiger charge is -2.39. The van der Waals surface area contributed by atoms with Crippen molar-refractivity contribution in [2.75, 3.05) is 5.88 Å². The first-order chi connectivity index (χ1) is 10.1. The minimum atomic E-state index is -0.756. The van der Waals surface area contributed by atoms with Crippen molar-refractivity contribution in [3.8, 4) is 0 Å². The summed E-state index contributed by atoms with van der Waals surface area (Å²) in [6, 6.07) is 4.45. The van der Waals surface area contributed by atoms with Gasteiger partial charge in [0, 0.05) is 5.88 Å². The molecule has 1 fully saturated rings. The molecule has 1 aromatic rings. The molecule has 0 amide bonds. The van der Waals surface area contributed by atoms with E-state index >= 15 is 0 Å². The smallest absolute Gasteiger partial charge is 0.162 e. The largest absolute Gasteiger partial charge is 0.204 e. The second-order valence-corrected chi connectivity index (χ2v) is 6.88. The van der Waals surface area contributed by atoms with Gasteiger partial charge in [0.15, 0.2) is 11.6 Å². The van der Waals surface area contributed by atoms with Gasteiger partial charge >= 0.3 is 0 Å². The molecular formula is C18H25ClF2. The standard InChI is InChI=1S/C18H25ClF2/c1-2-3-5-14-8-10-18(13-19,11-9-14)12-15-6-4-7-16(20)17(15)21/h4,6-7,14H,2-3,5,8-13H2,1H3. The zero-order chi connectivity index (χ0) is 15.3. The highest BCUT2D eigenvalue weighted by atomic mass is 35.5. The van der Waals surface area contributed by atoms with Crippen molar-refractivity contribution in [2.24, 2.45) is 11.3 Å². The van der Waals surface area contributed by atoms with Crippen LogP contribution >= 0.6 is 11.6 Å². The molecule has 0 unspecified atom stereocenters. The van der Waals surface area contributed by atoms with Gasteiger partial charge in [0.25, 0.3) is 0 Å². The van der Waals surface area contributed by atoms with Crippen LogP contribution in [0.3, 0.4) is 0 Å². The molecule has 0 atom stereocenters. The minimum Gasteiger partial charge on any atom is -0.204 e. The number of hydrogen-bond donors (Lipinski definition) is 0. The molecule has 1 saturated carbocycles. The Hall–Kier alpha value is -0.630. The first kappa shape index (κ1) is 16.7. The van der Waals surface area contributed by atoms with E-state index in [1.54, 1.807) is 12.1 Å². The average molecular weight is 315 g/mol. The van der Waals surface area contributed by atoms with E-state index in [1.807, 2.05) is 0 Å². The molecule has 118 valence electrons. The number of alkyl halides is 1. The number of rotatable bonds is 6. The molecule has 0 saturated heterocycles. The van der Waals surface area contributed by atoms with Gasteiger partial charge in [0.2, 0.25) is 0 Å². The van der Waals surface area contributed by atoms with Crippen molar-refractivity contribution < 1.29 is 8.78 Å². The van der Waals surface area contributed by atoms with E-state index in [0.717, 1.165) is 18.8 Å². The third-order valence-electron chi connectivity index (χ3n) is 5.01. The first-order valence-electron chi connectivity index (χ1n) is 8.09. The molecular weight excluding hydrogens is 290 g/mol. The van der Waals surface area contributed by atoms with E-state index in [4.69, 9.17) is 11.6 Å². The molecule has 0 nitrogen and oxygen atoms in total. The summed E-state index contributed by atoms with van der Waals surface area (Å²) in [5.74, 6) is -0.133. The molecule has 0 spiro atoms. The van der Waals surface area contributed by atoms with Gasteiger partial charge < -0.3 is 0 Å². The summed E-state index contributed by atoms with van der Waals surface area (Å²) in [5.41, 5.74) is 0.418. The van der Waals surface area contributed by atoms with E-state index in [0.29, 0.717) is 17.9 Å². The van der Waals surface area contributed by atoms with Gasteiger partial charge in [-0.2, -0.15) is 0 Å². The van der Waals surface area contributed by atoms with Gasteiger partial charge in [-0.25, -0.2) is 8.78 Å². The predicted molar refractivity (Wildman–Crippen MR) is 84.7 cm³/mol. The van der Waals surface area contributed by atoms with E-state index < -0.39 is 11.6 Å². The summed E-state index contributed by atoms with van der Waals surface area (Å²) in [6.07, 6.45) is 8.78. The zero-order valence-electron chi connectivity index (χ0n) is 12.8. The fourth-order valence-corrected chi connectivity index (χ4v) is 3.88. The fourth-order valence-electron chi connectivity index (χ4n) is 3.52. The maximum Gasteiger partial charge on any atom is 0.162 e. The van der Waals surface area contributed by atoms with Crippen molar-refractivity contribution in [2.45, 2.75) is 58.3 Å². The van der Waals surface area contributed by atoms with Crippen molar-refractivity contribution in [1.29, 1.82) is 0 Å². The van der Waals surface area contributed by atoms with E-state index in [1.165, 1.54) is 38.2 Å². The highest BCUT2D eigenvalue weighted by Crippen LogP contribution is 2.44. The summed E-state index contributed by atoms with van der Waals surface area (Å²) in [4.78, 5) is 0. The van der Waals surface area contributed by atoms with Crippen LogP contribution < -0.4 is 0 Å². The Labute approximate surface area is 131 Å². The van der Waals surface area contributed by atoms with Crippen molar-refractivity contribution in [3.63, 3.8) is 0 Å². The van der Waals surface area contributed by atoms with Crippen LogP contribution in [0.1, 0.15) is 57.4 Å². The molecule has 0 aliphatic heterocycles. The molecule has 0 heterocycles. The first-order valence-corrected chi connectivity index (χ1v) is 8.62. The lowest BCUT2D eigenvalue weighted by molar-refractivity contribution is 0.164. The zero-order valence-corrected chi connectivity index (χ0v) is 13.6. The molecule has 0 radical (unpaired) electrons. The van der Waals surface area contributed by atoms with Crippen LogP contribution in [0.15, 0.2) is 18.2 Å². The Morgan fingerprint density at radius 2 is 1.95 bits per heavy atom. The fraction of sp³-hybridized carbons (Fsp3) is 0.667. The van der Waals surface area contributed by atoms with Crippen LogP contribution in [0.4, 0.5) is 8.78 Å². The molecule has 21 heavy (non-hydrogen) atoms. The minimum absolute atomic E-state index is 0.0566. The average Bonchev–Trinajstić information content (AvgIpc) is 2.51. The molecule has 2 rings (SSSR count). The molecule has 0 aromatic heterocycles. The molecule has 1 aromatic carbocycles. The van der Waals surface area contributed by atoms with Gasteiger partial charge in [0.1, 0.15) is 0 Å². The lowest BCUT2D eigenvalue weighted by Crippen LogP contribution is -2.32. The topological polar surface area (TPSA) is 0 Å². The summed E-state index contributed by atoms with van der Waals surface area (Å²) in [7, 11) is 0. The molecule has 3 heteroatoms. The summed E-state index contributed by atoms with van der Waals surface area (Å²) < 4.78 is 27.2. The van der Waals surface area contributed by atoms with Crippen LogP contribution in [0.2, 0.25) is 0 Å². The van der Waals surface area contributed by atoms with Gasteiger partial charge in [0.05, 0.1) is 0 Å². The van der Waals surface area contributed by atoms with Gasteiger partial charge in [-0.15, -0.1) is 11.6 Å². The van der Waals surface area contributed by atoms with Crippen LogP contribution in [-0.2, 0) is 6.42 Å². The van der Waals surface area contributed by atoms with Gasteiger partial charge in [-0.1, -0.05) is 38.3 Å². The highest BCUT2D eigenvalue weighted by Gasteiger charge is 2.35. The molecule has 0 bridgehead atoms. The van der Waals surface area contributed by atoms with Crippen molar-refractivity contribution >= 4 is 11.6 Å². The monoisotopic (exact) mass is 314 g/mol. The normalized spacial score (nSPS) is 26.0. The Kier molecular flexibility index (Phi) is 6.04. The summed E-state index contributed by atoms with van der Waals surface area (Å²) in [6.45, 7) is 2.22. The second kappa shape index (κ2) is 7.58. The predicted octanol–water partition coefficient (Wildman–Crippen LogP) is 6.11. The molecule has 0 N–H and O–H groups in total. The van der Waals surface area contributed by atoms with E-state index in [9.17, 15) is 8.78 Å². The summed E-state index contributed by atoms with van der Waals surface area (Å²) >= 11 is 6.22. The number of halogens is 3. The number of hydrogen-bond acceptors (Lipinski definition) is 0. The SMILES string of the molecule is CCCCC1CCC(CCl)(Cc2cccc(F)c2F)CC1. The molecule has 1 aliphatic carbocycles. The van der Waals surface area contributed by atoms with E-state index in [-0.39, 0.29) is 5.41 Å². The third-order valence-corrected chi connectivity index (χ3v) is 5.58. The maximum absolute atomic E-state index is 13.9. The molecule has 1 aliphatic rings. The Balaban J connectivity index is 2.01. The Morgan fingerprint density at radius 3 is 2.57 bits per heavy atom. The van der Waals surface area contributed by atoms with Crippen molar-refractivity contribution in [3.05, 3.63) is 35.4 Å². The highest BCUT2D eigenvalue weighted by molar-refractivity contribution is 6.18. The van der Waals surface area contributed by atoms with Crippen molar-refractivity contribution in [1.82, 2.24) is 0 Å². The third kappa shape index (κ3) is 4.18. The quantitative estimate of drug-likeness (QED) is 0.555. The second-order valence-electron chi connectivity index (χ2n) is 6.61. The van der Waals surface area contributed by atoms with Crippen LogP contribution in [0, 0.1) is 23.0 Å². The number of benzene rings is 1. The van der Waals surface area contributed by atoms with Crippen LogP contribution in [-0.4, -0.2) is 5.88 Å². The maximum atomic E-state index is 13.9. The van der Waals surface area contributed by atoms with Gasteiger partial charge in [-0.05, 0) is 55.1 Å². The lowest BCUT2D eigenvalue weighted by atomic mass is 9.68. The van der Waals surface area contributed by atoms with E-state index in [2.05, 4.69) is 6.92 Å². The van der Waals surface area contributed by atoms with Gasteiger partial charge in [-0.3, -0.25) is 0 Å². The Morgan fingerprint density at radius 1 is 1.24 bits per heavy atom. The summed E-state index contributed by atoms with van der Waals surface area (Å²) in [5, 5.41) is 0. The van der Waals surface area contributed by atoms with Crippen LogP contribution in [0.5, 0.6) is 0 Å². The number of unbranched alkanes of at least 4 members (excludes halogenated alkanes) is 1. The van der Waals surface area contributed by atoms with Crippen LogP contribution in [0.25, 0.3) is 0 Å². The Bertz CT molecular complexity index is 451.